The number of benzene rings is 1. The summed E-state index contributed by atoms with van der Waals surface area (Å²) in [6.07, 6.45) is 0. The molecule has 0 saturated heterocycles. The Balaban J connectivity index is 2.06. The van der Waals surface area contributed by atoms with Crippen molar-refractivity contribution < 1.29 is 19.2 Å². The van der Waals surface area contributed by atoms with Crippen LogP contribution in [0.4, 0.5) is 10.7 Å². The molecule has 1 aromatic carbocycles. The number of carboxylic acid groups (broad SMARTS) is 1. The molecule has 1 amide bonds. The minimum absolute atomic E-state index is 0.126. The lowest BCUT2D eigenvalue weighted by molar-refractivity contribution is -0.114. The molecule has 8 nitrogen and oxygen atoms in total. The third kappa shape index (κ3) is 3.95. The number of amides is 1. The van der Waals surface area contributed by atoms with Crippen LogP contribution in [0.25, 0.3) is 0 Å². The van der Waals surface area contributed by atoms with Crippen molar-refractivity contribution >= 4 is 45.3 Å². The maximum Gasteiger partial charge on any atom is 0.357 e. The van der Waals surface area contributed by atoms with E-state index < -0.39 is 17.3 Å². The molecule has 1 heterocycles. The zero-order valence-electron chi connectivity index (χ0n) is 11.1. The second-order valence-electron chi connectivity index (χ2n) is 3.98. The largest absolute Gasteiger partial charge is 0.588 e. The van der Waals surface area contributed by atoms with E-state index in [0.29, 0.717) is 10.6 Å². The van der Waals surface area contributed by atoms with E-state index in [1.54, 1.807) is 24.3 Å². The first kappa shape index (κ1) is 16.2. The number of nitrogens with one attached hydrogen (secondary N) is 2. The number of nitrogens with zero attached hydrogens (tertiary/aromatic N) is 1. The molecule has 0 radical (unpaired) electrons. The first-order valence-electron chi connectivity index (χ1n) is 5.96. The van der Waals surface area contributed by atoms with Crippen LogP contribution in [0, 0.1) is 0 Å². The Morgan fingerprint density at radius 1 is 1.36 bits per heavy atom. The Bertz CT molecular complexity index is 674. The van der Waals surface area contributed by atoms with Crippen molar-refractivity contribution in [1.29, 1.82) is 0 Å². The number of hydrogen-bond donors (Lipinski definition) is 4. The number of aromatic nitrogens is 1. The van der Waals surface area contributed by atoms with Crippen molar-refractivity contribution in [3.8, 4) is 0 Å². The third-order valence-electron chi connectivity index (χ3n) is 2.49. The lowest BCUT2D eigenvalue weighted by Crippen LogP contribution is -2.21. The topological polar surface area (TPSA) is 140 Å². The van der Waals surface area contributed by atoms with Gasteiger partial charge in [-0.2, -0.15) is 4.72 Å². The number of carbonyl (C=O) groups is 2. The summed E-state index contributed by atoms with van der Waals surface area (Å²) in [5.41, 5.74) is 6.90. The Hall–Kier alpha value is -2.14. The maximum atomic E-state index is 12.2. The molecule has 0 aliphatic heterocycles. The van der Waals surface area contributed by atoms with Gasteiger partial charge in [-0.05, 0) is 24.3 Å². The Labute approximate surface area is 132 Å². The van der Waals surface area contributed by atoms with Gasteiger partial charge in [0.1, 0.15) is 11.4 Å². The summed E-state index contributed by atoms with van der Waals surface area (Å²) in [6.45, 7) is -0.126. The monoisotopic (exact) mass is 340 g/mol. The maximum absolute atomic E-state index is 12.2. The van der Waals surface area contributed by atoms with Crippen molar-refractivity contribution in [1.82, 2.24) is 4.98 Å². The molecule has 0 fully saturated rings. The zero-order valence-corrected chi connectivity index (χ0v) is 12.7. The average molecular weight is 340 g/mol. The Morgan fingerprint density at radius 2 is 2.05 bits per heavy atom. The number of hydrogen-bond acceptors (Lipinski definition) is 7. The van der Waals surface area contributed by atoms with Gasteiger partial charge >= 0.3 is 5.97 Å². The zero-order chi connectivity index (χ0) is 16.1. The molecule has 1 atom stereocenters. The summed E-state index contributed by atoms with van der Waals surface area (Å²) in [6, 6.07) is 6.26. The lowest BCUT2D eigenvalue weighted by atomic mass is 10.3. The van der Waals surface area contributed by atoms with Crippen LogP contribution in [-0.4, -0.2) is 33.1 Å². The smallest absolute Gasteiger partial charge is 0.357 e. The average Bonchev–Trinajstić information content (AvgIpc) is 2.96. The molecule has 0 aliphatic carbocycles. The van der Waals surface area contributed by atoms with Gasteiger partial charge in [-0.1, -0.05) is 0 Å². The molecule has 0 saturated carbocycles. The van der Waals surface area contributed by atoms with Gasteiger partial charge in [0.05, 0.1) is 12.1 Å². The molecule has 1 unspecified atom stereocenters. The van der Waals surface area contributed by atoms with E-state index >= 15 is 0 Å². The second kappa shape index (κ2) is 7.22. The van der Waals surface area contributed by atoms with Crippen LogP contribution in [-0.2, 0) is 16.2 Å². The molecule has 0 spiro atoms. The number of anilines is 2. The molecule has 10 heteroatoms. The highest BCUT2D eigenvalue weighted by molar-refractivity contribution is 7.93. The van der Waals surface area contributed by atoms with Crippen LogP contribution in [0.3, 0.4) is 0 Å². The number of nitrogens with two attached hydrogens (primary N) is 1. The van der Waals surface area contributed by atoms with Crippen LogP contribution in [0.2, 0.25) is 0 Å². The van der Waals surface area contributed by atoms with Gasteiger partial charge in [0.15, 0.2) is 15.6 Å². The summed E-state index contributed by atoms with van der Waals surface area (Å²) in [7, 11) is 0. The predicted octanol–water partition coefficient (Wildman–Crippen LogP) is 0.873. The van der Waals surface area contributed by atoms with Gasteiger partial charge < -0.3 is 20.7 Å². The van der Waals surface area contributed by atoms with E-state index in [1.165, 1.54) is 5.51 Å². The number of rotatable bonds is 6. The molecule has 5 N–H and O–H groups in total. The predicted molar refractivity (Wildman–Crippen MR) is 83.2 cm³/mol. The normalized spacial score (nSPS) is 11.7. The Kier molecular flexibility index (Phi) is 5.33. The molecular weight excluding hydrogens is 328 g/mol. The Morgan fingerprint density at radius 3 is 2.64 bits per heavy atom. The number of carboxylic acids is 1. The van der Waals surface area contributed by atoms with Gasteiger partial charge in [0.2, 0.25) is 5.91 Å². The van der Waals surface area contributed by atoms with E-state index in [0.717, 1.165) is 11.3 Å². The fourth-order valence-electron chi connectivity index (χ4n) is 1.49. The van der Waals surface area contributed by atoms with Crippen molar-refractivity contribution in [3.05, 3.63) is 35.5 Å². The highest BCUT2D eigenvalue weighted by Gasteiger charge is 2.19. The quantitative estimate of drug-likeness (QED) is 0.572. The van der Waals surface area contributed by atoms with Crippen LogP contribution < -0.4 is 15.8 Å². The van der Waals surface area contributed by atoms with Crippen molar-refractivity contribution in [3.63, 3.8) is 0 Å². The minimum Gasteiger partial charge on any atom is -0.588 e. The van der Waals surface area contributed by atoms with E-state index in [4.69, 9.17) is 10.8 Å². The van der Waals surface area contributed by atoms with E-state index in [2.05, 4.69) is 15.0 Å². The summed E-state index contributed by atoms with van der Waals surface area (Å²) in [5.74, 6) is -1.52. The molecule has 116 valence electrons. The summed E-state index contributed by atoms with van der Waals surface area (Å²) in [4.78, 5) is 26.2. The van der Waals surface area contributed by atoms with Crippen LogP contribution in [0.1, 0.15) is 10.5 Å². The summed E-state index contributed by atoms with van der Waals surface area (Å²) < 4.78 is 14.8. The number of carbonyl (C=O) groups excluding carboxylic acids is 1. The summed E-state index contributed by atoms with van der Waals surface area (Å²) >= 11 is -0.594. The fourth-order valence-corrected chi connectivity index (χ4v) is 3.19. The third-order valence-corrected chi connectivity index (χ3v) is 4.45. The first-order valence-corrected chi connectivity index (χ1v) is 7.99. The fraction of sp³-hybridized carbons (Fsp3) is 0.0833. The second-order valence-corrected chi connectivity index (χ2v) is 6.05. The van der Waals surface area contributed by atoms with Crippen LogP contribution >= 0.6 is 11.3 Å². The molecule has 0 bridgehead atoms. The first-order chi connectivity index (χ1) is 10.5. The van der Waals surface area contributed by atoms with E-state index in [-0.39, 0.29) is 23.1 Å². The molecule has 2 rings (SSSR count). The number of thiazole rings is 1. The van der Waals surface area contributed by atoms with Crippen molar-refractivity contribution in [2.24, 2.45) is 5.73 Å². The van der Waals surface area contributed by atoms with Gasteiger partial charge in [-0.3, -0.25) is 4.79 Å². The summed E-state index contributed by atoms with van der Waals surface area (Å²) in [5, 5.41) is 11.7. The van der Waals surface area contributed by atoms with Crippen molar-refractivity contribution in [2.45, 2.75) is 4.90 Å². The van der Waals surface area contributed by atoms with Gasteiger partial charge in [0.25, 0.3) is 0 Å². The molecule has 2 aromatic rings. The van der Waals surface area contributed by atoms with E-state index in [1.807, 2.05) is 0 Å². The van der Waals surface area contributed by atoms with Gasteiger partial charge in [0, 0.05) is 5.69 Å². The van der Waals surface area contributed by atoms with Crippen molar-refractivity contribution in [2.75, 3.05) is 16.6 Å². The molecule has 0 aliphatic rings. The molecule has 22 heavy (non-hydrogen) atoms. The molecular formula is C12H12N4O4S2. The van der Waals surface area contributed by atoms with Crippen LogP contribution in [0.5, 0.6) is 0 Å². The lowest BCUT2D eigenvalue weighted by Gasteiger charge is -2.11. The SMILES string of the molecule is NCC(=O)Nc1ccc([S+]([O-])Nc2scnc2C(=O)O)cc1. The van der Waals surface area contributed by atoms with Gasteiger partial charge in [-0.15, -0.1) is 11.3 Å². The van der Waals surface area contributed by atoms with Crippen LogP contribution in [0.15, 0.2) is 34.7 Å². The number of aromatic carboxylic acids is 1. The highest BCUT2D eigenvalue weighted by atomic mass is 32.2. The highest BCUT2D eigenvalue weighted by Crippen LogP contribution is 2.24. The minimum atomic E-state index is -1.64. The van der Waals surface area contributed by atoms with E-state index in [9.17, 15) is 14.1 Å². The van der Waals surface area contributed by atoms with Gasteiger partial charge in [-0.25, -0.2) is 9.78 Å². The molecule has 1 aromatic heterocycles. The standard InChI is InChI=1S/C12H12N4O4S2/c13-5-9(17)15-7-1-3-8(4-2-7)22(20)16-11-10(12(18)19)14-6-21-11/h1-4,6,16H,5,13H2,(H,15,17)(H,18,19).